The molecule has 6 heteroatoms. The van der Waals surface area contributed by atoms with Crippen molar-refractivity contribution in [2.75, 3.05) is 13.2 Å². The number of pyridine rings is 1. The molecule has 108 valence electrons. The lowest BCUT2D eigenvalue weighted by atomic mass is 10.3. The number of nitrogens with zero attached hydrogens (tertiary/aromatic N) is 4. The second kappa shape index (κ2) is 7.17. The Bertz CT molecular complexity index is 720. The maximum Gasteiger partial charge on any atom is 0.357 e. The molecule has 21 heavy (non-hydrogen) atoms. The van der Waals surface area contributed by atoms with Crippen LogP contribution in [0.15, 0.2) is 46.3 Å². The van der Waals surface area contributed by atoms with Crippen LogP contribution in [0.25, 0.3) is 11.7 Å². The molecule has 0 bridgehead atoms. The van der Waals surface area contributed by atoms with Gasteiger partial charge in [-0.25, -0.2) is 14.8 Å². The van der Waals surface area contributed by atoms with Crippen LogP contribution in [0.5, 0.6) is 0 Å². The molecule has 0 fully saturated rings. The van der Waals surface area contributed by atoms with E-state index >= 15 is 0 Å². The lowest BCUT2D eigenvalue weighted by Gasteiger charge is -2.03. The summed E-state index contributed by atoms with van der Waals surface area (Å²) in [6.07, 6.45) is 5.14. The van der Waals surface area contributed by atoms with Crippen molar-refractivity contribution in [1.82, 2.24) is 9.38 Å². The number of aliphatic imine (C=N–C) groups is 2. The van der Waals surface area contributed by atoms with Crippen molar-refractivity contribution in [2.45, 2.75) is 13.8 Å². The monoisotopic (exact) mass is 284 g/mol. The number of ether oxygens (including phenoxy) is 1. The molecule has 0 N–H and O–H groups in total. The molecule has 0 aliphatic rings. The topological polar surface area (TPSA) is 68.3 Å². The van der Waals surface area contributed by atoms with Gasteiger partial charge in [-0.3, -0.25) is 0 Å². The first-order valence-electron chi connectivity index (χ1n) is 6.69. The molecule has 2 aromatic rings. The van der Waals surface area contributed by atoms with Gasteiger partial charge in [0.2, 0.25) is 0 Å². The van der Waals surface area contributed by atoms with E-state index in [4.69, 9.17) is 4.74 Å². The summed E-state index contributed by atoms with van der Waals surface area (Å²) >= 11 is 0. The van der Waals surface area contributed by atoms with E-state index in [1.165, 1.54) is 0 Å². The summed E-state index contributed by atoms with van der Waals surface area (Å²) in [5.74, 6) is -0.506. The first-order valence-corrected chi connectivity index (χ1v) is 6.69. The van der Waals surface area contributed by atoms with Crippen molar-refractivity contribution in [3.8, 4) is 0 Å². The van der Waals surface area contributed by atoms with E-state index < -0.39 is 5.97 Å². The molecule has 0 saturated heterocycles. The molecular formula is C15H16N4O2. The van der Waals surface area contributed by atoms with E-state index in [1.807, 2.05) is 35.7 Å². The smallest absolute Gasteiger partial charge is 0.357 e. The summed E-state index contributed by atoms with van der Waals surface area (Å²) in [7, 11) is 0. The van der Waals surface area contributed by atoms with Crippen molar-refractivity contribution in [3.63, 3.8) is 0 Å². The highest BCUT2D eigenvalue weighted by Crippen LogP contribution is 2.12. The predicted octanol–water partition coefficient (Wildman–Crippen LogP) is 2.43. The molecule has 6 nitrogen and oxygen atoms in total. The number of hydrogen-bond acceptors (Lipinski definition) is 5. The molecular weight excluding hydrogens is 268 g/mol. The van der Waals surface area contributed by atoms with Crippen LogP contribution in [0.4, 0.5) is 0 Å². The minimum Gasteiger partial charge on any atom is -0.461 e. The van der Waals surface area contributed by atoms with Crippen LogP contribution >= 0.6 is 0 Å². The van der Waals surface area contributed by atoms with E-state index in [1.54, 1.807) is 19.2 Å². The summed E-state index contributed by atoms with van der Waals surface area (Å²) in [5, 5.41) is 0. The first kappa shape index (κ1) is 14.7. The molecule has 0 saturated carbocycles. The molecule has 0 aliphatic carbocycles. The second-order valence-electron chi connectivity index (χ2n) is 4.04. The zero-order valence-corrected chi connectivity index (χ0v) is 12.0. The first-order chi connectivity index (χ1) is 10.3. The summed E-state index contributed by atoms with van der Waals surface area (Å²) in [5.41, 5.74) is 1.71. The SMILES string of the molecule is CCN=C=N/C(=C/c1cccc2nccn12)C(=O)OCC. The molecule has 0 atom stereocenters. The third-order valence-corrected chi connectivity index (χ3v) is 2.63. The number of imidazole rings is 1. The molecule has 0 unspecified atom stereocenters. The molecule has 2 heterocycles. The number of carbonyl (C=O) groups is 1. The highest BCUT2D eigenvalue weighted by molar-refractivity contribution is 5.94. The highest BCUT2D eigenvalue weighted by Gasteiger charge is 2.10. The van der Waals surface area contributed by atoms with Crippen LogP contribution < -0.4 is 0 Å². The largest absolute Gasteiger partial charge is 0.461 e. The van der Waals surface area contributed by atoms with Gasteiger partial charge in [0.1, 0.15) is 5.65 Å². The Balaban J connectivity index is 2.46. The summed E-state index contributed by atoms with van der Waals surface area (Å²) in [6.45, 7) is 4.45. The Morgan fingerprint density at radius 1 is 1.48 bits per heavy atom. The van der Waals surface area contributed by atoms with E-state index in [9.17, 15) is 4.79 Å². The number of aromatic nitrogens is 2. The molecule has 0 aliphatic heterocycles. The van der Waals surface area contributed by atoms with Crippen LogP contribution in [0.2, 0.25) is 0 Å². The maximum atomic E-state index is 11.9. The van der Waals surface area contributed by atoms with Crippen LogP contribution in [0.1, 0.15) is 19.5 Å². The average Bonchev–Trinajstić information content (AvgIpc) is 2.96. The molecule has 0 amide bonds. The zero-order chi connectivity index (χ0) is 15.1. The lowest BCUT2D eigenvalue weighted by Crippen LogP contribution is -2.06. The van der Waals surface area contributed by atoms with Gasteiger partial charge in [0.25, 0.3) is 0 Å². The minimum atomic E-state index is -0.506. The fraction of sp³-hybridized carbons (Fsp3) is 0.267. The fourth-order valence-electron chi connectivity index (χ4n) is 1.73. The van der Waals surface area contributed by atoms with Gasteiger partial charge in [-0.2, -0.15) is 4.99 Å². The fourth-order valence-corrected chi connectivity index (χ4v) is 1.73. The number of fused-ring (bicyclic) bond motifs is 1. The molecule has 0 radical (unpaired) electrons. The highest BCUT2D eigenvalue weighted by atomic mass is 16.5. The van der Waals surface area contributed by atoms with Gasteiger partial charge < -0.3 is 9.14 Å². The van der Waals surface area contributed by atoms with E-state index in [2.05, 4.69) is 21.0 Å². The van der Waals surface area contributed by atoms with Gasteiger partial charge in [-0.05, 0) is 32.1 Å². The van der Waals surface area contributed by atoms with E-state index in [0.29, 0.717) is 6.54 Å². The van der Waals surface area contributed by atoms with Crippen LogP contribution in [-0.2, 0) is 9.53 Å². The molecule has 2 rings (SSSR count). The summed E-state index contributed by atoms with van der Waals surface area (Å²) in [6, 6.07) is 8.09. The van der Waals surface area contributed by atoms with Crippen molar-refractivity contribution in [3.05, 3.63) is 42.0 Å². The Kier molecular flexibility index (Phi) is 5.01. The quantitative estimate of drug-likeness (QED) is 0.481. The summed E-state index contributed by atoms with van der Waals surface area (Å²) in [4.78, 5) is 23.9. The van der Waals surface area contributed by atoms with Crippen molar-refractivity contribution < 1.29 is 9.53 Å². The number of carbonyl (C=O) groups excluding carboxylic acids is 1. The van der Waals surface area contributed by atoms with Gasteiger partial charge >= 0.3 is 5.97 Å². The Morgan fingerprint density at radius 3 is 3.10 bits per heavy atom. The third-order valence-electron chi connectivity index (χ3n) is 2.63. The third kappa shape index (κ3) is 3.64. The maximum absolute atomic E-state index is 11.9. The van der Waals surface area contributed by atoms with Crippen LogP contribution in [0, 0.1) is 0 Å². The zero-order valence-electron chi connectivity index (χ0n) is 12.0. The Hall–Kier alpha value is -2.72. The average molecular weight is 284 g/mol. The second-order valence-corrected chi connectivity index (χ2v) is 4.04. The van der Waals surface area contributed by atoms with Crippen molar-refractivity contribution >= 4 is 23.7 Å². The Labute approximate surface area is 122 Å². The van der Waals surface area contributed by atoms with Gasteiger partial charge in [-0.1, -0.05) is 6.07 Å². The van der Waals surface area contributed by atoms with Crippen LogP contribution in [-0.4, -0.2) is 34.5 Å². The van der Waals surface area contributed by atoms with Gasteiger partial charge in [0, 0.05) is 24.6 Å². The standard InChI is InChI=1S/C15H16N4O2/c1-3-16-11-18-13(15(20)21-4-2)10-12-6-5-7-14-17-8-9-19(12)14/h5-10H,3-4H2,1-2H3/b13-10+. The minimum absolute atomic E-state index is 0.148. The van der Waals surface area contributed by atoms with Crippen molar-refractivity contribution in [1.29, 1.82) is 0 Å². The van der Waals surface area contributed by atoms with Gasteiger partial charge in [0.05, 0.1) is 12.6 Å². The van der Waals surface area contributed by atoms with Gasteiger partial charge in [-0.15, -0.1) is 0 Å². The summed E-state index contributed by atoms with van der Waals surface area (Å²) < 4.78 is 6.85. The Morgan fingerprint density at radius 2 is 2.33 bits per heavy atom. The predicted molar refractivity (Wildman–Crippen MR) is 80.2 cm³/mol. The molecule has 2 aromatic heterocycles. The lowest BCUT2D eigenvalue weighted by molar-refractivity contribution is -0.138. The van der Waals surface area contributed by atoms with E-state index in [-0.39, 0.29) is 12.3 Å². The molecule has 0 spiro atoms. The normalized spacial score (nSPS) is 11.0. The molecule has 0 aromatic carbocycles. The van der Waals surface area contributed by atoms with Crippen LogP contribution in [0.3, 0.4) is 0 Å². The van der Waals surface area contributed by atoms with E-state index in [0.717, 1.165) is 11.3 Å². The number of hydrogen-bond donors (Lipinski definition) is 0. The number of rotatable bonds is 5. The van der Waals surface area contributed by atoms with Gasteiger partial charge in [0.15, 0.2) is 5.70 Å². The number of esters is 1. The van der Waals surface area contributed by atoms with Crippen molar-refractivity contribution in [2.24, 2.45) is 9.98 Å².